The molecule has 0 aliphatic heterocycles. The zero-order chi connectivity index (χ0) is 22.2. The van der Waals surface area contributed by atoms with Crippen molar-refractivity contribution < 1.29 is 24.9 Å². The number of para-hydroxylation sites is 2. The van der Waals surface area contributed by atoms with Crippen molar-refractivity contribution in [2.75, 3.05) is 0 Å². The minimum absolute atomic E-state index is 0.00110. The number of carbonyl (C=O) groups excluding carboxylic acids is 2. The van der Waals surface area contributed by atoms with E-state index in [1.54, 1.807) is 36.4 Å². The molecule has 0 heterocycles. The Labute approximate surface area is 177 Å². The number of aromatic hydroxyl groups is 3. The number of nitrogens with one attached hydrogen (secondary N) is 2. The number of carbonyl (C=O) groups is 2. The van der Waals surface area contributed by atoms with Gasteiger partial charge in [0.15, 0.2) is 0 Å². The lowest BCUT2D eigenvalue weighted by Crippen LogP contribution is -2.21. The van der Waals surface area contributed by atoms with Gasteiger partial charge in [0, 0.05) is 22.3 Å². The molecular formula is C22H18N4O5. The predicted octanol–water partition coefficient (Wildman–Crippen LogP) is 2.33. The van der Waals surface area contributed by atoms with Crippen molar-refractivity contribution in [3.63, 3.8) is 0 Å². The molecule has 0 atom stereocenters. The highest BCUT2D eigenvalue weighted by Gasteiger charge is 2.12. The molecule has 5 N–H and O–H groups in total. The number of hydrazone groups is 2. The number of amides is 2. The maximum absolute atomic E-state index is 12.3. The maximum atomic E-state index is 12.3. The van der Waals surface area contributed by atoms with Gasteiger partial charge in [0.25, 0.3) is 11.8 Å². The first kappa shape index (κ1) is 21.1. The van der Waals surface area contributed by atoms with Crippen LogP contribution in [0.15, 0.2) is 76.9 Å². The fourth-order valence-corrected chi connectivity index (χ4v) is 2.52. The summed E-state index contributed by atoms with van der Waals surface area (Å²) in [5.41, 5.74) is 5.30. The van der Waals surface area contributed by atoms with E-state index in [9.17, 15) is 24.9 Å². The highest BCUT2D eigenvalue weighted by Crippen LogP contribution is 2.17. The lowest BCUT2D eigenvalue weighted by Gasteiger charge is -2.05. The molecule has 9 nitrogen and oxygen atoms in total. The Kier molecular flexibility index (Phi) is 6.59. The zero-order valence-corrected chi connectivity index (χ0v) is 16.1. The summed E-state index contributed by atoms with van der Waals surface area (Å²) in [6, 6.07) is 16.5. The van der Waals surface area contributed by atoms with Gasteiger partial charge < -0.3 is 15.3 Å². The van der Waals surface area contributed by atoms with Crippen LogP contribution in [0.25, 0.3) is 0 Å². The first-order valence-electron chi connectivity index (χ1n) is 9.01. The first-order valence-corrected chi connectivity index (χ1v) is 9.01. The lowest BCUT2D eigenvalue weighted by molar-refractivity contribution is 0.0954. The second-order valence-corrected chi connectivity index (χ2v) is 6.28. The molecule has 0 aliphatic carbocycles. The normalized spacial score (nSPS) is 11.0. The van der Waals surface area contributed by atoms with E-state index in [-0.39, 0.29) is 28.4 Å². The predicted molar refractivity (Wildman–Crippen MR) is 114 cm³/mol. The third-order valence-electron chi connectivity index (χ3n) is 4.06. The Hall–Kier alpha value is -4.66. The van der Waals surface area contributed by atoms with Crippen LogP contribution in [0.5, 0.6) is 17.2 Å². The minimum atomic E-state index is -0.672. The molecule has 0 aromatic heterocycles. The van der Waals surface area contributed by atoms with Gasteiger partial charge in [0.05, 0.1) is 12.4 Å². The van der Waals surface area contributed by atoms with E-state index >= 15 is 0 Å². The molecule has 0 fully saturated rings. The van der Waals surface area contributed by atoms with Gasteiger partial charge in [-0.2, -0.15) is 10.2 Å². The summed E-state index contributed by atoms with van der Waals surface area (Å²) in [6.45, 7) is 0. The van der Waals surface area contributed by atoms with Crippen LogP contribution in [0.1, 0.15) is 31.8 Å². The number of hydrogen-bond acceptors (Lipinski definition) is 7. The Morgan fingerprint density at radius 2 is 1.10 bits per heavy atom. The van der Waals surface area contributed by atoms with Crippen molar-refractivity contribution >= 4 is 24.2 Å². The lowest BCUT2D eigenvalue weighted by atomic mass is 10.1. The van der Waals surface area contributed by atoms with E-state index in [0.717, 1.165) is 0 Å². The second-order valence-electron chi connectivity index (χ2n) is 6.28. The molecular weight excluding hydrogens is 400 g/mol. The monoisotopic (exact) mass is 418 g/mol. The van der Waals surface area contributed by atoms with Gasteiger partial charge >= 0.3 is 0 Å². The van der Waals surface area contributed by atoms with Crippen molar-refractivity contribution in [2.24, 2.45) is 10.2 Å². The van der Waals surface area contributed by atoms with Crippen LogP contribution < -0.4 is 10.9 Å². The van der Waals surface area contributed by atoms with Crippen LogP contribution in [0.3, 0.4) is 0 Å². The molecule has 0 spiro atoms. The average molecular weight is 418 g/mol. The van der Waals surface area contributed by atoms with Crippen molar-refractivity contribution in [1.82, 2.24) is 10.9 Å². The van der Waals surface area contributed by atoms with Crippen LogP contribution >= 0.6 is 0 Å². The summed E-state index contributed by atoms with van der Waals surface area (Å²) < 4.78 is 0. The molecule has 0 radical (unpaired) electrons. The molecule has 9 heteroatoms. The van der Waals surface area contributed by atoms with Gasteiger partial charge in [0.2, 0.25) is 0 Å². The maximum Gasteiger partial charge on any atom is 0.271 e. The minimum Gasteiger partial charge on any atom is -0.508 e. The molecule has 31 heavy (non-hydrogen) atoms. The Morgan fingerprint density at radius 3 is 1.52 bits per heavy atom. The van der Waals surface area contributed by atoms with Crippen molar-refractivity contribution in [1.29, 1.82) is 0 Å². The van der Waals surface area contributed by atoms with Gasteiger partial charge in [-0.25, -0.2) is 10.9 Å². The average Bonchev–Trinajstić information content (AvgIpc) is 2.76. The molecule has 3 rings (SSSR count). The van der Waals surface area contributed by atoms with E-state index in [1.165, 1.54) is 42.8 Å². The Balaban J connectivity index is 1.67. The highest BCUT2D eigenvalue weighted by atomic mass is 16.3. The van der Waals surface area contributed by atoms with Gasteiger partial charge in [-0.1, -0.05) is 24.3 Å². The van der Waals surface area contributed by atoms with E-state index in [1.807, 2.05) is 0 Å². The van der Waals surface area contributed by atoms with Crippen LogP contribution in [0.4, 0.5) is 0 Å². The van der Waals surface area contributed by atoms with Crippen LogP contribution in [-0.4, -0.2) is 39.6 Å². The summed E-state index contributed by atoms with van der Waals surface area (Å²) in [5, 5.41) is 36.7. The van der Waals surface area contributed by atoms with Crippen molar-refractivity contribution in [2.45, 2.75) is 0 Å². The second kappa shape index (κ2) is 9.70. The standard InChI is InChI=1S/C22H18N4O5/c27-18-10-16(21(30)25-23-12-14-5-1-3-7-19(14)28)9-17(11-18)22(31)26-24-13-15-6-2-4-8-20(15)29/h1-13,27-29H,(H,25,30)(H,26,31). The van der Waals surface area contributed by atoms with Crippen molar-refractivity contribution in [3.05, 3.63) is 89.0 Å². The summed E-state index contributed by atoms with van der Waals surface area (Å²) in [5.74, 6) is -1.64. The van der Waals surface area contributed by atoms with Gasteiger partial charge in [-0.05, 0) is 42.5 Å². The molecule has 3 aromatic carbocycles. The third kappa shape index (κ3) is 5.67. The Bertz CT molecular complexity index is 1090. The molecule has 0 saturated carbocycles. The SMILES string of the molecule is O=C(NN=Cc1ccccc1O)c1cc(O)cc(C(=O)NN=Cc2ccccc2O)c1. The zero-order valence-electron chi connectivity index (χ0n) is 16.1. The summed E-state index contributed by atoms with van der Waals surface area (Å²) in [4.78, 5) is 24.6. The molecule has 2 amide bonds. The number of phenolic OH excluding ortho intramolecular Hbond substituents is 3. The van der Waals surface area contributed by atoms with E-state index in [2.05, 4.69) is 21.1 Å². The van der Waals surface area contributed by atoms with Crippen LogP contribution in [0, 0.1) is 0 Å². The number of phenols is 3. The molecule has 0 unspecified atom stereocenters. The van der Waals surface area contributed by atoms with Gasteiger partial charge in [0.1, 0.15) is 17.2 Å². The van der Waals surface area contributed by atoms with Crippen LogP contribution in [-0.2, 0) is 0 Å². The largest absolute Gasteiger partial charge is 0.508 e. The molecule has 0 bridgehead atoms. The smallest absolute Gasteiger partial charge is 0.271 e. The Morgan fingerprint density at radius 1 is 0.677 bits per heavy atom. The fraction of sp³-hybridized carbons (Fsp3) is 0. The molecule has 0 saturated heterocycles. The fourth-order valence-electron chi connectivity index (χ4n) is 2.52. The van der Waals surface area contributed by atoms with Gasteiger partial charge in [-0.3, -0.25) is 9.59 Å². The summed E-state index contributed by atoms with van der Waals surface area (Å²) >= 11 is 0. The summed E-state index contributed by atoms with van der Waals surface area (Å²) in [6.07, 6.45) is 2.52. The first-order chi connectivity index (χ1) is 14.9. The third-order valence-corrected chi connectivity index (χ3v) is 4.06. The number of hydrogen-bond donors (Lipinski definition) is 5. The number of benzene rings is 3. The van der Waals surface area contributed by atoms with Gasteiger partial charge in [-0.15, -0.1) is 0 Å². The molecule has 3 aromatic rings. The van der Waals surface area contributed by atoms with E-state index < -0.39 is 11.8 Å². The number of rotatable bonds is 6. The quantitative estimate of drug-likeness (QED) is 0.308. The van der Waals surface area contributed by atoms with Crippen molar-refractivity contribution in [3.8, 4) is 17.2 Å². The van der Waals surface area contributed by atoms with Crippen LogP contribution in [0.2, 0.25) is 0 Å². The summed E-state index contributed by atoms with van der Waals surface area (Å²) in [7, 11) is 0. The topological polar surface area (TPSA) is 144 Å². The molecule has 156 valence electrons. The molecule has 0 aliphatic rings. The highest BCUT2D eigenvalue weighted by molar-refractivity contribution is 6.01. The number of nitrogens with zero attached hydrogens (tertiary/aromatic N) is 2. The van der Waals surface area contributed by atoms with E-state index in [4.69, 9.17) is 0 Å². The van der Waals surface area contributed by atoms with E-state index in [0.29, 0.717) is 11.1 Å².